The van der Waals surface area contributed by atoms with Crippen LogP contribution < -0.4 is 4.90 Å². The monoisotopic (exact) mass is 293 g/mol. The number of ketones is 1. The van der Waals surface area contributed by atoms with Gasteiger partial charge in [-0.25, -0.2) is 0 Å². The lowest BCUT2D eigenvalue weighted by Crippen LogP contribution is -2.21. The summed E-state index contributed by atoms with van der Waals surface area (Å²) in [5.74, 6) is 0.0350. The third-order valence-electron chi connectivity index (χ3n) is 3.85. The maximum atomic E-state index is 12.1. The van der Waals surface area contributed by atoms with Crippen LogP contribution in [0.3, 0.4) is 0 Å². The van der Waals surface area contributed by atoms with Crippen molar-refractivity contribution in [3.63, 3.8) is 0 Å². The van der Waals surface area contributed by atoms with Crippen molar-refractivity contribution in [1.82, 2.24) is 0 Å². The maximum absolute atomic E-state index is 12.1. The van der Waals surface area contributed by atoms with E-state index in [9.17, 15) is 4.79 Å². The lowest BCUT2D eigenvalue weighted by atomic mass is 10.0. The molecule has 0 atom stereocenters. The summed E-state index contributed by atoms with van der Waals surface area (Å²) in [6.07, 6.45) is 3.55. The molecule has 114 valence electrons. The van der Waals surface area contributed by atoms with Crippen LogP contribution >= 0.6 is 0 Å². The normalized spacial score (nSPS) is 10.9. The summed E-state index contributed by atoms with van der Waals surface area (Å²) in [6.45, 7) is 8.39. The van der Waals surface area contributed by atoms with E-state index >= 15 is 0 Å². The molecule has 0 aromatic heterocycles. The highest BCUT2D eigenvalue weighted by Crippen LogP contribution is 2.20. The molecule has 0 bridgehead atoms. The van der Waals surface area contributed by atoms with Gasteiger partial charge in [-0.2, -0.15) is 0 Å². The Morgan fingerprint density at radius 2 is 1.73 bits per heavy atom. The summed E-state index contributed by atoms with van der Waals surface area (Å²) < 4.78 is 0. The van der Waals surface area contributed by atoms with E-state index in [2.05, 4.69) is 43.9 Å². The molecule has 0 N–H and O–H groups in total. The number of carbonyl (C=O) groups is 1. The van der Waals surface area contributed by atoms with Gasteiger partial charge in [0.25, 0.3) is 0 Å². The molecule has 0 spiro atoms. The van der Waals surface area contributed by atoms with Gasteiger partial charge in [0.15, 0.2) is 5.78 Å². The number of hydrogen-bond donors (Lipinski definition) is 0. The molecule has 2 nitrogen and oxygen atoms in total. The molecule has 0 unspecified atom stereocenters. The summed E-state index contributed by atoms with van der Waals surface area (Å²) in [5.41, 5.74) is 4.21. The minimum atomic E-state index is 0.0350. The van der Waals surface area contributed by atoms with Crippen molar-refractivity contribution in [3.05, 3.63) is 71.3 Å². The number of rotatable bonds is 6. The minimum Gasteiger partial charge on any atom is -0.372 e. The van der Waals surface area contributed by atoms with E-state index in [0.29, 0.717) is 0 Å². The Morgan fingerprint density at radius 1 is 1.05 bits per heavy atom. The lowest BCUT2D eigenvalue weighted by Gasteiger charge is -2.21. The predicted molar refractivity (Wildman–Crippen MR) is 94.5 cm³/mol. The molecular formula is C20H23NO. The van der Waals surface area contributed by atoms with E-state index in [1.54, 1.807) is 6.08 Å². The zero-order chi connectivity index (χ0) is 15.9. The van der Waals surface area contributed by atoms with Gasteiger partial charge in [0.05, 0.1) is 0 Å². The van der Waals surface area contributed by atoms with Gasteiger partial charge in [0, 0.05) is 24.3 Å². The second-order valence-corrected chi connectivity index (χ2v) is 5.28. The van der Waals surface area contributed by atoms with E-state index in [-0.39, 0.29) is 5.78 Å². The summed E-state index contributed by atoms with van der Waals surface area (Å²) in [4.78, 5) is 14.4. The van der Waals surface area contributed by atoms with Crippen molar-refractivity contribution in [2.24, 2.45) is 0 Å². The smallest absolute Gasteiger partial charge is 0.185 e. The highest BCUT2D eigenvalue weighted by molar-refractivity contribution is 6.06. The average molecular weight is 293 g/mol. The topological polar surface area (TPSA) is 20.3 Å². The largest absolute Gasteiger partial charge is 0.372 e. The van der Waals surface area contributed by atoms with E-state index in [1.807, 2.05) is 36.4 Å². The molecule has 0 fully saturated rings. The minimum absolute atomic E-state index is 0.0350. The second-order valence-electron chi connectivity index (χ2n) is 5.28. The molecule has 2 aromatic rings. The first-order valence-corrected chi connectivity index (χ1v) is 7.78. The third kappa shape index (κ3) is 3.85. The number of aryl methyl sites for hydroxylation is 1. The fraction of sp³-hybridized carbons (Fsp3) is 0.250. The first kappa shape index (κ1) is 16.0. The number of carbonyl (C=O) groups excluding carboxylic acids is 1. The molecule has 2 rings (SSSR count). The summed E-state index contributed by atoms with van der Waals surface area (Å²) >= 11 is 0. The van der Waals surface area contributed by atoms with Gasteiger partial charge in [0.2, 0.25) is 0 Å². The molecule has 0 saturated heterocycles. The molecule has 0 aliphatic rings. The molecule has 0 amide bonds. The number of anilines is 1. The maximum Gasteiger partial charge on any atom is 0.185 e. The van der Waals surface area contributed by atoms with Gasteiger partial charge in [-0.05, 0) is 50.1 Å². The molecule has 0 aliphatic carbocycles. The number of benzene rings is 2. The molecular weight excluding hydrogens is 270 g/mol. The fourth-order valence-electron chi connectivity index (χ4n) is 2.50. The van der Waals surface area contributed by atoms with Crippen LogP contribution in [0.4, 0.5) is 5.69 Å². The first-order chi connectivity index (χ1) is 10.7. The van der Waals surface area contributed by atoms with Gasteiger partial charge in [-0.15, -0.1) is 0 Å². The van der Waals surface area contributed by atoms with Crippen LogP contribution in [0, 0.1) is 6.92 Å². The quantitative estimate of drug-likeness (QED) is 0.566. The van der Waals surface area contributed by atoms with Crippen LogP contribution in [-0.2, 0) is 0 Å². The molecule has 22 heavy (non-hydrogen) atoms. The Balaban J connectivity index is 2.16. The predicted octanol–water partition coefficient (Wildman–Crippen LogP) is 4.74. The average Bonchev–Trinajstić information content (AvgIpc) is 2.55. The van der Waals surface area contributed by atoms with Crippen molar-refractivity contribution in [3.8, 4) is 0 Å². The van der Waals surface area contributed by atoms with Crippen LogP contribution in [-0.4, -0.2) is 18.9 Å². The van der Waals surface area contributed by atoms with Gasteiger partial charge >= 0.3 is 0 Å². The SMILES string of the molecule is CCN(CC)c1ccc(C=CC(=O)c2ccccc2)c(C)c1. The Kier molecular flexibility index (Phi) is 5.54. The molecule has 0 radical (unpaired) electrons. The van der Waals surface area contributed by atoms with Gasteiger partial charge in [0.1, 0.15) is 0 Å². The highest BCUT2D eigenvalue weighted by Gasteiger charge is 2.04. The van der Waals surface area contributed by atoms with E-state index in [4.69, 9.17) is 0 Å². The fourth-order valence-corrected chi connectivity index (χ4v) is 2.50. The van der Waals surface area contributed by atoms with E-state index < -0.39 is 0 Å². The molecule has 0 aliphatic heterocycles. The summed E-state index contributed by atoms with van der Waals surface area (Å²) in [5, 5.41) is 0. The number of nitrogens with zero attached hydrogens (tertiary/aromatic N) is 1. The van der Waals surface area contributed by atoms with Gasteiger partial charge in [-0.1, -0.05) is 42.5 Å². The van der Waals surface area contributed by atoms with E-state index in [0.717, 1.165) is 24.2 Å². The Bertz CT molecular complexity index is 655. The Labute approximate surface area is 133 Å². The number of allylic oxidation sites excluding steroid dienone is 1. The third-order valence-corrected chi connectivity index (χ3v) is 3.85. The van der Waals surface area contributed by atoms with Crippen LogP contribution in [0.5, 0.6) is 0 Å². The highest BCUT2D eigenvalue weighted by atomic mass is 16.1. The lowest BCUT2D eigenvalue weighted by molar-refractivity contribution is 0.104. The summed E-state index contributed by atoms with van der Waals surface area (Å²) in [6, 6.07) is 15.7. The van der Waals surface area contributed by atoms with Crippen molar-refractivity contribution in [2.45, 2.75) is 20.8 Å². The first-order valence-electron chi connectivity index (χ1n) is 7.78. The second kappa shape index (κ2) is 7.60. The summed E-state index contributed by atoms with van der Waals surface area (Å²) in [7, 11) is 0. The Hall–Kier alpha value is -2.35. The molecule has 0 saturated carbocycles. The zero-order valence-corrected chi connectivity index (χ0v) is 13.5. The van der Waals surface area contributed by atoms with Gasteiger partial charge < -0.3 is 4.90 Å². The van der Waals surface area contributed by atoms with Crippen molar-refractivity contribution in [2.75, 3.05) is 18.0 Å². The molecule has 2 aromatic carbocycles. The van der Waals surface area contributed by atoms with Crippen molar-refractivity contribution >= 4 is 17.5 Å². The Morgan fingerprint density at radius 3 is 2.32 bits per heavy atom. The van der Waals surface area contributed by atoms with Gasteiger partial charge in [-0.3, -0.25) is 4.79 Å². The standard InChI is InChI=1S/C20H23NO/c1-4-21(5-2)19-13-11-17(16(3)15-19)12-14-20(22)18-9-7-6-8-10-18/h6-15H,4-5H2,1-3H3. The van der Waals surface area contributed by atoms with Crippen LogP contribution in [0.1, 0.15) is 35.3 Å². The van der Waals surface area contributed by atoms with Crippen molar-refractivity contribution in [1.29, 1.82) is 0 Å². The van der Waals surface area contributed by atoms with Crippen LogP contribution in [0.2, 0.25) is 0 Å². The van der Waals surface area contributed by atoms with Crippen molar-refractivity contribution < 1.29 is 4.79 Å². The molecule has 0 heterocycles. The molecule has 2 heteroatoms. The van der Waals surface area contributed by atoms with Crippen LogP contribution in [0.15, 0.2) is 54.6 Å². The van der Waals surface area contributed by atoms with E-state index in [1.165, 1.54) is 11.3 Å². The number of hydrogen-bond acceptors (Lipinski definition) is 2. The van der Waals surface area contributed by atoms with Crippen LogP contribution in [0.25, 0.3) is 6.08 Å². The zero-order valence-electron chi connectivity index (χ0n) is 13.5.